The molecule has 6 nitrogen and oxygen atoms in total. The van der Waals surface area contributed by atoms with Crippen molar-refractivity contribution in [1.29, 1.82) is 0 Å². The van der Waals surface area contributed by atoms with Gasteiger partial charge in [0.1, 0.15) is 12.2 Å². The molecule has 2 heterocycles. The Morgan fingerprint density at radius 1 is 1.25 bits per heavy atom. The Morgan fingerprint density at radius 3 is 2.75 bits per heavy atom. The zero-order valence-corrected chi connectivity index (χ0v) is 14.4. The summed E-state index contributed by atoms with van der Waals surface area (Å²) in [6.07, 6.45) is -1.39. The van der Waals surface area contributed by atoms with Crippen molar-refractivity contribution in [1.82, 2.24) is 10.2 Å². The van der Waals surface area contributed by atoms with Crippen LogP contribution in [-0.2, 0) is 16.0 Å². The summed E-state index contributed by atoms with van der Waals surface area (Å²) < 4.78 is 11.3. The van der Waals surface area contributed by atoms with Crippen LogP contribution in [0.4, 0.5) is 0 Å². The fraction of sp³-hybridized carbons (Fsp3) is 0.647. The molecule has 0 amide bonds. The first kappa shape index (κ1) is 18.1. The first-order chi connectivity index (χ1) is 11.7. The molecule has 7 heteroatoms. The number of nitrogens with zero attached hydrogens (tertiary/aromatic N) is 1. The van der Waals surface area contributed by atoms with Gasteiger partial charge in [-0.2, -0.15) is 0 Å². The molecule has 0 radical (unpaired) electrons. The standard InChI is InChI=1S/C17H25ClN2O4/c18-13-3-1-2-12(8-13)9-19-10-14-16(17(22)15(11-21)24-14)20-4-6-23-7-5-20/h1-3,8,14-17,19,21-22H,4-7,9-11H2. The first-order valence-corrected chi connectivity index (χ1v) is 8.78. The molecule has 134 valence electrons. The molecule has 1 aromatic carbocycles. The summed E-state index contributed by atoms with van der Waals surface area (Å²) in [6, 6.07) is 7.58. The lowest BCUT2D eigenvalue weighted by Crippen LogP contribution is -2.54. The van der Waals surface area contributed by atoms with E-state index in [1.807, 2.05) is 24.3 Å². The Balaban J connectivity index is 1.59. The van der Waals surface area contributed by atoms with Gasteiger partial charge in [0.15, 0.2) is 0 Å². The molecule has 2 aliphatic heterocycles. The van der Waals surface area contributed by atoms with Gasteiger partial charge in [0.25, 0.3) is 0 Å². The number of benzene rings is 1. The highest BCUT2D eigenvalue weighted by molar-refractivity contribution is 6.30. The van der Waals surface area contributed by atoms with Crippen LogP contribution < -0.4 is 5.32 Å². The minimum Gasteiger partial charge on any atom is -0.394 e. The lowest BCUT2D eigenvalue weighted by Gasteiger charge is -2.36. The summed E-state index contributed by atoms with van der Waals surface area (Å²) in [7, 11) is 0. The third-order valence-corrected chi connectivity index (χ3v) is 4.91. The minimum atomic E-state index is -0.689. The van der Waals surface area contributed by atoms with E-state index in [0.29, 0.717) is 31.3 Å². The third-order valence-electron chi connectivity index (χ3n) is 4.67. The van der Waals surface area contributed by atoms with Crippen LogP contribution >= 0.6 is 11.6 Å². The van der Waals surface area contributed by atoms with E-state index in [0.717, 1.165) is 18.7 Å². The van der Waals surface area contributed by atoms with Gasteiger partial charge in [0.2, 0.25) is 0 Å². The molecule has 2 saturated heterocycles. The summed E-state index contributed by atoms with van der Waals surface area (Å²) in [5.41, 5.74) is 1.10. The van der Waals surface area contributed by atoms with Gasteiger partial charge in [-0.25, -0.2) is 0 Å². The highest BCUT2D eigenvalue weighted by Crippen LogP contribution is 2.26. The van der Waals surface area contributed by atoms with Crippen LogP contribution in [0, 0.1) is 0 Å². The molecular formula is C17H25ClN2O4. The average Bonchev–Trinajstić information content (AvgIpc) is 2.91. The van der Waals surface area contributed by atoms with Crippen LogP contribution in [-0.4, -0.2) is 78.9 Å². The van der Waals surface area contributed by atoms with Gasteiger partial charge in [-0.05, 0) is 17.7 Å². The number of halogens is 1. The van der Waals surface area contributed by atoms with Crippen molar-refractivity contribution in [3.8, 4) is 0 Å². The third kappa shape index (κ3) is 4.26. The Morgan fingerprint density at radius 2 is 2.04 bits per heavy atom. The molecule has 4 unspecified atom stereocenters. The maximum Gasteiger partial charge on any atom is 0.109 e. The number of hydrogen-bond donors (Lipinski definition) is 3. The van der Waals surface area contributed by atoms with E-state index in [1.165, 1.54) is 0 Å². The fourth-order valence-corrected chi connectivity index (χ4v) is 3.69. The maximum absolute atomic E-state index is 10.5. The molecule has 4 atom stereocenters. The summed E-state index contributed by atoms with van der Waals surface area (Å²) in [6.45, 7) is 3.97. The van der Waals surface area contributed by atoms with Crippen molar-refractivity contribution in [2.24, 2.45) is 0 Å². The second-order valence-electron chi connectivity index (χ2n) is 6.29. The predicted octanol–water partition coefficient (Wildman–Crippen LogP) is 0.251. The number of morpholine rings is 1. The van der Waals surface area contributed by atoms with Gasteiger partial charge in [-0.1, -0.05) is 23.7 Å². The second-order valence-corrected chi connectivity index (χ2v) is 6.72. The SMILES string of the molecule is OCC1OC(CNCc2cccc(Cl)c2)C(N2CCOCC2)C1O. The van der Waals surface area contributed by atoms with Gasteiger partial charge in [0.05, 0.1) is 32.0 Å². The summed E-state index contributed by atoms with van der Waals surface area (Å²) in [5, 5.41) is 24.0. The largest absolute Gasteiger partial charge is 0.394 e. The van der Waals surface area contributed by atoms with Crippen molar-refractivity contribution in [3.05, 3.63) is 34.9 Å². The monoisotopic (exact) mass is 356 g/mol. The minimum absolute atomic E-state index is 0.127. The Hall–Kier alpha value is -0.730. The number of rotatable bonds is 6. The van der Waals surface area contributed by atoms with Crippen LogP contribution in [0.1, 0.15) is 5.56 Å². The van der Waals surface area contributed by atoms with E-state index in [9.17, 15) is 10.2 Å². The van der Waals surface area contributed by atoms with E-state index >= 15 is 0 Å². The quantitative estimate of drug-likeness (QED) is 0.678. The van der Waals surface area contributed by atoms with E-state index < -0.39 is 12.2 Å². The molecule has 2 aliphatic rings. The van der Waals surface area contributed by atoms with Gasteiger partial charge in [-0.15, -0.1) is 0 Å². The van der Waals surface area contributed by atoms with E-state index in [2.05, 4.69) is 10.2 Å². The molecule has 3 rings (SSSR count). The molecule has 0 bridgehead atoms. The van der Waals surface area contributed by atoms with Crippen molar-refractivity contribution in [2.75, 3.05) is 39.5 Å². The van der Waals surface area contributed by atoms with Gasteiger partial charge in [0, 0.05) is 31.2 Å². The molecule has 24 heavy (non-hydrogen) atoms. The Bertz CT molecular complexity index is 527. The van der Waals surface area contributed by atoms with Gasteiger partial charge in [-0.3, -0.25) is 4.90 Å². The van der Waals surface area contributed by atoms with E-state index in [-0.39, 0.29) is 18.8 Å². The molecular weight excluding hydrogens is 332 g/mol. The highest BCUT2D eigenvalue weighted by atomic mass is 35.5. The molecule has 2 fully saturated rings. The summed E-state index contributed by atoms with van der Waals surface area (Å²) in [4.78, 5) is 2.20. The van der Waals surface area contributed by atoms with Crippen molar-refractivity contribution in [3.63, 3.8) is 0 Å². The Kier molecular flexibility index (Phi) is 6.46. The molecule has 0 spiro atoms. The van der Waals surface area contributed by atoms with Crippen molar-refractivity contribution in [2.45, 2.75) is 30.9 Å². The average molecular weight is 357 g/mol. The molecule has 3 N–H and O–H groups in total. The van der Waals surface area contributed by atoms with Crippen LogP contribution in [0.15, 0.2) is 24.3 Å². The number of nitrogens with one attached hydrogen (secondary N) is 1. The van der Waals surface area contributed by atoms with Crippen molar-refractivity contribution < 1.29 is 19.7 Å². The normalized spacial score (nSPS) is 31.5. The smallest absolute Gasteiger partial charge is 0.109 e. The maximum atomic E-state index is 10.5. The number of aliphatic hydroxyl groups is 2. The molecule has 1 aromatic rings. The lowest BCUT2D eigenvalue weighted by molar-refractivity contribution is -0.0225. The molecule has 0 saturated carbocycles. The van der Waals surface area contributed by atoms with Crippen LogP contribution in [0.25, 0.3) is 0 Å². The lowest BCUT2D eigenvalue weighted by atomic mass is 10.0. The van der Waals surface area contributed by atoms with Crippen LogP contribution in [0.5, 0.6) is 0 Å². The zero-order chi connectivity index (χ0) is 16.9. The molecule has 0 aromatic heterocycles. The number of ether oxygens (including phenoxy) is 2. The van der Waals surface area contributed by atoms with Gasteiger partial charge < -0.3 is 25.0 Å². The van der Waals surface area contributed by atoms with Crippen LogP contribution in [0.3, 0.4) is 0 Å². The summed E-state index contributed by atoms with van der Waals surface area (Å²) >= 11 is 6.00. The Labute approximate surface area is 147 Å². The van der Waals surface area contributed by atoms with Crippen LogP contribution in [0.2, 0.25) is 5.02 Å². The summed E-state index contributed by atoms with van der Waals surface area (Å²) in [5.74, 6) is 0. The number of hydrogen-bond acceptors (Lipinski definition) is 6. The predicted molar refractivity (Wildman–Crippen MR) is 91.1 cm³/mol. The topological polar surface area (TPSA) is 74.2 Å². The van der Waals surface area contributed by atoms with E-state index in [4.69, 9.17) is 21.1 Å². The number of aliphatic hydroxyl groups excluding tert-OH is 2. The van der Waals surface area contributed by atoms with Gasteiger partial charge >= 0.3 is 0 Å². The zero-order valence-electron chi connectivity index (χ0n) is 13.6. The highest BCUT2D eigenvalue weighted by Gasteiger charge is 2.46. The second kappa shape index (κ2) is 8.58. The molecule has 0 aliphatic carbocycles. The fourth-order valence-electron chi connectivity index (χ4n) is 3.48. The first-order valence-electron chi connectivity index (χ1n) is 8.40. The van der Waals surface area contributed by atoms with Crippen molar-refractivity contribution >= 4 is 11.6 Å². The van der Waals surface area contributed by atoms with E-state index in [1.54, 1.807) is 0 Å².